The highest BCUT2D eigenvalue weighted by Gasteiger charge is 2.49. The molecule has 0 aromatic heterocycles. The summed E-state index contributed by atoms with van der Waals surface area (Å²) in [5, 5.41) is 7.33. The Morgan fingerprint density at radius 2 is 0.912 bits per heavy atom. The fourth-order valence-electron chi connectivity index (χ4n) is 9.82. The van der Waals surface area contributed by atoms with Gasteiger partial charge in [0.2, 0.25) is 0 Å². The molecule has 10 aromatic carbocycles. The Bertz CT molecular complexity index is 3230. The largest absolute Gasteiger partial charge is 0.457 e. The number of rotatable bonds is 4. The lowest BCUT2D eigenvalue weighted by atomic mass is 9.58. The van der Waals surface area contributed by atoms with E-state index in [1.165, 1.54) is 60.1 Å². The van der Waals surface area contributed by atoms with Crippen molar-refractivity contribution in [2.45, 2.75) is 5.41 Å². The molecular weight excluding hydrogens is 691 g/mol. The fraction of sp³-hybridized carbons (Fsp3) is 0.0182. The minimum Gasteiger partial charge on any atom is -0.457 e. The highest BCUT2D eigenvalue weighted by molar-refractivity contribution is 6.06. The summed E-state index contributed by atoms with van der Waals surface area (Å²) >= 11 is 0. The third-order valence-electron chi connectivity index (χ3n) is 12.2. The molecule has 1 heterocycles. The number of fused-ring (bicyclic) bond motifs is 10. The summed E-state index contributed by atoms with van der Waals surface area (Å²) in [7, 11) is 0. The maximum atomic E-state index is 6.94. The molecule has 12 rings (SSSR count). The average Bonchev–Trinajstić information content (AvgIpc) is 3.28. The Morgan fingerprint density at radius 1 is 0.333 bits per heavy atom. The van der Waals surface area contributed by atoms with Crippen LogP contribution in [0.3, 0.4) is 0 Å². The molecule has 1 atom stereocenters. The van der Waals surface area contributed by atoms with Crippen LogP contribution in [0.25, 0.3) is 54.6 Å². The van der Waals surface area contributed by atoms with Gasteiger partial charge in [0.1, 0.15) is 11.5 Å². The molecule has 2 aliphatic rings. The zero-order valence-corrected chi connectivity index (χ0v) is 31.1. The Balaban J connectivity index is 1.20. The van der Waals surface area contributed by atoms with E-state index in [-0.39, 0.29) is 0 Å². The van der Waals surface area contributed by atoms with Gasteiger partial charge < -0.3 is 9.64 Å². The van der Waals surface area contributed by atoms with Crippen molar-refractivity contribution in [3.63, 3.8) is 0 Å². The van der Waals surface area contributed by atoms with Crippen LogP contribution in [-0.2, 0) is 5.41 Å². The SMILES string of the molecule is c1ccc(-c2cc3ccccc3cc2N(c2ccc3c(c2)C2(c4ccccc4O3)c3ccccc3-c3cccc4cccc2c34)c2ccc3ccccc3c2)cc1. The molecule has 1 aliphatic heterocycles. The van der Waals surface area contributed by atoms with Crippen LogP contribution in [0.5, 0.6) is 11.5 Å². The van der Waals surface area contributed by atoms with Gasteiger partial charge in [-0.15, -0.1) is 0 Å². The van der Waals surface area contributed by atoms with Crippen molar-refractivity contribution in [2.24, 2.45) is 0 Å². The number of hydrogen-bond donors (Lipinski definition) is 0. The molecule has 0 amide bonds. The van der Waals surface area contributed by atoms with E-state index in [0.29, 0.717) is 0 Å². The zero-order chi connectivity index (χ0) is 37.5. The first-order valence-corrected chi connectivity index (χ1v) is 19.7. The molecule has 0 fully saturated rings. The van der Waals surface area contributed by atoms with Crippen LogP contribution in [0.1, 0.15) is 22.3 Å². The second kappa shape index (κ2) is 12.3. The molecule has 0 bridgehead atoms. The van der Waals surface area contributed by atoms with Crippen LogP contribution in [0.2, 0.25) is 0 Å². The first-order chi connectivity index (χ1) is 28.3. The smallest absolute Gasteiger partial charge is 0.132 e. The van der Waals surface area contributed by atoms with E-state index in [1.807, 2.05) is 0 Å². The van der Waals surface area contributed by atoms with Gasteiger partial charge in [-0.25, -0.2) is 0 Å². The molecule has 0 N–H and O–H groups in total. The topological polar surface area (TPSA) is 12.5 Å². The van der Waals surface area contributed by atoms with Crippen LogP contribution in [0, 0.1) is 0 Å². The maximum absolute atomic E-state index is 6.94. The van der Waals surface area contributed by atoms with Crippen LogP contribution in [-0.4, -0.2) is 0 Å². The normalized spacial score (nSPS) is 14.9. The third kappa shape index (κ3) is 4.65. The quantitative estimate of drug-likeness (QED) is 0.179. The van der Waals surface area contributed by atoms with Crippen molar-refractivity contribution >= 4 is 49.4 Å². The van der Waals surface area contributed by atoms with Crippen LogP contribution < -0.4 is 9.64 Å². The molecule has 2 heteroatoms. The highest BCUT2D eigenvalue weighted by atomic mass is 16.5. The second-order valence-corrected chi connectivity index (χ2v) is 15.2. The van der Waals surface area contributed by atoms with E-state index in [4.69, 9.17) is 4.74 Å². The molecule has 266 valence electrons. The molecular formula is C55H35NO. The predicted molar refractivity (Wildman–Crippen MR) is 236 cm³/mol. The van der Waals surface area contributed by atoms with Gasteiger partial charge in [0.15, 0.2) is 0 Å². The van der Waals surface area contributed by atoms with Crippen molar-refractivity contribution in [1.82, 2.24) is 0 Å². The van der Waals surface area contributed by atoms with Crippen molar-refractivity contribution in [3.8, 4) is 33.8 Å². The van der Waals surface area contributed by atoms with Gasteiger partial charge in [0, 0.05) is 28.1 Å². The summed E-state index contributed by atoms with van der Waals surface area (Å²) < 4.78 is 6.94. The minimum atomic E-state index is -0.647. The Labute approximate surface area is 331 Å². The van der Waals surface area contributed by atoms with Crippen molar-refractivity contribution in [3.05, 3.63) is 235 Å². The number of nitrogens with zero attached hydrogens (tertiary/aromatic N) is 1. The van der Waals surface area contributed by atoms with Gasteiger partial charge in [0.25, 0.3) is 0 Å². The number of benzene rings is 10. The molecule has 0 saturated heterocycles. The first-order valence-electron chi connectivity index (χ1n) is 19.7. The lowest BCUT2D eigenvalue weighted by Gasteiger charge is -2.45. The monoisotopic (exact) mass is 725 g/mol. The molecule has 1 unspecified atom stereocenters. The predicted octanol–water partition coefficient (Wildman–Crippen LogP) is 14.8. The number of hydrogen-bond acceptors (Lipinski definition) is 2. The second-order valence-electron chi connectivity index (χ2n) is 15.2. The van der Waals surface area contributed by atoms with Gasteiger partial charge in [-0.2, -0.15) is 0 Å². The van der Waals surface area contributed by atoms with Crippen LogP contribution >= 0.6 is 0 Å². The van der Waals surface area contributed by atoms with Crippen molar-refractivity contribution < 1.29 is 4.74 Å². The summed E-state index contributed by atoms with van der Waals surface area (Å²) in [5.41, 5.74) is 12.3. The summed E-state index contributed by atoms with van der Waals surface area (Å²) in [4.78, 5) is 2.46. The highest BCUT2D eigenvalue weighted by Crippen LogP contribution is 2.62. The number of para-hydroxylation sites is 1. The molecule has 0 radical (unpaired) electrons. The average molecular weight is 726 g/mol. The molecule has 1 aliphatic carbocycles. The maximum Gasteiger partial charge on any atom is 0.132 e. The molecule has 57 heavy (non-hydrogen) atoms. The standard InChI is InChI=1S/C55H35NO/c1-2-15-37(16-3-1)46-33-40-18-6-7-19-41(40)34-51(46)56(42-29-28-36-14-4-5-17-39(36)32-42)43-30-31-53-50(35-43)55(48-25-10-11-27-52(48)57-53)47-24-9-8-22-44(47)45-23-12-20-38-21-13-26-49(55)54(38)45/h1-35H. The minimum absolute atomic E-state index is 0.647. The lowest BCUT2D eigenvalue weighted by Crippen LogP contribution is -2.36. The van der Waals surface area contributed by atoms with Gasteiger partial charge >= 0.3 is 0 Å². The summed E-state index contributed by atoms with van der Waals surface area (Å²) in [6, 6.07) is 77.7. The Kier molecular flexibility index (Phi) is 6.88. The molecule has 1 spiro atoms. The summed E-state index contributed by atoms with van der Waals surface area (Å²) in [6.45, 7) is 0. The zero-order valence-electron chi connectivity index (χ0n) is 31.1. The van der Waals surface area contributed by atoms with E-state index in [2.05, 4.69) is 217 Å². The van der Waals surface area contributed by atoms with Crippen LogP contribution in [0.15, 0.2) is 212 Å². The summed E-state index contributed by atoms with van der Waals surface area (Å²) in [6.07, 6.45) is 0. The Morgan fingerprint density at radius 3 is 1.75 bits per heavy atom. The van der Waals surface area contributed by atoms with E-state index < -0.39 is 5.41 Å². The number of anilines is 3. The van der Waals surface area contributed by atoms with E-state index in [0.717, 1.165) is 45.3 Å². The molecule has 0 saturated carbocycles. The van der Waals surface area contributed by atoms with Gasteiger partial charge in [-0.05, 0) is 109 Å². The number of ether oxygens (including phenoxy) is 1. The van der Waals surface area contributed by atoms with Crippen molar-refractivity contribution in [2.75, 3.05) is 4.90 Å². The lowest BCUT2D eigenvalue weighted by molar-refractivity contribution is 0.435. The summed E-state index contributed by atoms with van der Waals surface area (Å²) in [5.74, 6) is 1.75. The fourth-order valence-corrected chi connectivity index (χ4v) is 9.82. The van der Waals surface area contributed by atoms with Gasteiger partial charge in [0.05, 0.1) is 11.1 Å². The van der Waals surface area contributed by atoms with Gasteiger partial charge in [-0.1, -0.05) is 164 Å². The van der Waals surface area contributed by atoms with Crippen molar-refractivity contribution in [1.29, 1.82) is 0 Å². The Hall–Kier alpha value is -7.42. The van der Waals surface area contributed by atoms with E-state index >= 15 is 0 Å². The molecule has 2 nitrogen and oxygen atoms in total. The van der Waals surface area contributed by atoms with E-state index in [9.17, 15) is 0 Å². The van der Waals surface area contributed by atoms with E-state index in [1.54, 1.807) is 0 Å². The molecule has 10 aromatic rings. The van der Waals surface area contributed by atoms with Crippen LogP contribution in [0.4, 0.5) is 17.1 Å². The third-order valence-corrected chi connectivity index (χ3v) is 12.2. The first kappa shape index (κ1) is 31.9. The van der Waals surface area contributed by atoms with Gasteiger partial charge in [-0.3, -0.25) is 0 Å².